The summed E-state index contributed by atoms with van der Waals surface area (Å²) in [5, 5.41) is 2.85. The van der Waals surface area contributed by atoms with E-state index >= 15 is 0 Å². The highest BCUT2D eigenvalue weighted by Gasteiger charge is 2.09. The molecule has 2 aromatic carbocycles. The average Bonchev–Trinajstić information content (AvgIpc) is 2.58. The van der Waals surface area contributed by atoms with Crippen molar-refractivity contribution in [3.8, 4) is 11.5 Å². The normalized spacial score (nSPS) is 10.4. The molecule has 0 spiro atoms. The minimum atomic E-state index is -0.139. The largest absolute Gasteiger partial charge is 0.497 e. The SMILES string of the molecule is COc1ccc(CNC(=O)COc2ccccc2C(C)C)cc1. The number of para-hydroxylation sites is 1. The summed E-state index contributed by atoms with van der Waals surface area (Å²) in [6, 6.07) is 15.4. The van der Waals surface area contributed by atoms with Gasteiger partial charge in [-0.15, -0.1) is 0 Å². The molecule has 0 radical (unpaired) electrons. The van der Waals surface area contributed by atoms with Crippen molar-refractivity contribution in [1.82, 2.24) is 5.32 Å². The van der Waals surface area contributed by atoms with Gasteiger partial charge in [0.2, 0.25) is 0 Å². The molecule has 0 saturated heterocycles. The third kappa shape index (κ3) is 5.02. The summed E-state index contributed by atoms with van der Waals surface area (Å²) in [6.45, 7) is 4.69. The van der Waals surface area contributed by atoms with Crippen molar-refractivity contribution in [2.75, 3.05) is 13.7 Å². The molecule has 0 atom stereocenters. The van der Waals surface area contributed by atoms with E-state index in [-0.39, 0.29) is 12.5 Å². The summed E-state index contributed by atoms with van der Waals surface area (Å²) in [7, 11) is 1.63. The van der Waals surface area contributed by atoms with Crippen LogP contribution in [0.15, 0.2) is 48.5 Å². The summed E-state index contributed by atoms with van der Waals surface area (Å²) in [5.41, 5.74) is 2.12. The number of hydrogen-bond acceptors (Lipinski definition) is 3. The lowest BCUT2D eigenvalue weighted by Gasteiger charge is -2.13. The summed E-state index contributed by atoms with van der Waals surface area (Å²) in [5.74, 6) is 1.78. The van der Waals surface area contributed by atoms with Crippen molar-refractivity contribution in [1.29, 1.82) is 0 Å². The zero-order valence-electron chi connectivity index (χ0n) is 13.8. The molecule has 4 nitrogen and oxygen atoms in total. The second-order valence-corrected chi connectivity index (χ2v) is 5.61. The second kappa shape index (κ2) is 8.22. The lowest BCUT2D eigenvalue weighted by Crippen LogP contribution is -2.28. The lowest BCUT2D eigenvalue weighted by atomic mass is 10.0. The van der Waals surface area contributed by atoms with E-state index in [1.54, 1.807) is 7.11 Å². The summed E-state index contributed by atoms with van der Waals surface area (Å²) >= 11 is 0. The third-order valence-corrected chi connectivity index (χ3v) is 3.55. The van der Waals surface area contributed by atoms with Crippen LogP contribution in [0.1, 0.15) is 30.9 Å². The number of amides is 1. The van der Waals surface area contributed by atoms with Crippen LogP contribution in [0.4, 0.5) is 0 Å². The Balaban J connectivity index is 1.83. The maximum absolute atomic E-state index is 11.9. The third-order valence-electron chi connectivity index (χ3n) is 3.55. The fourth-order valence-corrected chi connectivity index (χ4v) is 2.23. The van der Waals surface area contributed by atoms with Gasteiger partial charge < -0.3 is 14.8 Å². The number of carbonyl (C=O) groups excluding carboxylic acids is 1. The molecule has 2 rings (SSSR count). The minimum Gasteiger partial charge on any atom is -0.497 e. The van der Waals surface area contributed by atoms with Crippen molar-refractivity contribution < 1.29 is 14.3 Å². The highest BCUT2D eigenvalue weighted by molar-refractivity contribution is 5.77. The number of nitrogens with one attached hydrogen (secondary N) is 1. The number of rotatable bonds is 7. The van der Waals surface area contributed by atoms with Crippen LogP contribution in [-0.2, 0) is 11.3 Å². The molecular weight excluding hydrogens is 290 g/mol. The first-order valence-electron chi connectivity index (χ1n) is 7.71. The first-order chi connectivity index (χ1) is 11.1. The van der Waals surface area contributed by atoms with Crippen molar-refractivity contribution in [2.45, 2.75) is 26.3 Å². The predicted molar refractivity (Wildman–Crippen MR) is 90.9 cm³/mol. The zero-order chi connectivity index (χ0) is 16.7. The Labute approximate surface area is 137 Å². The summed E-state index contributed by atoms with van der Waals surface area (Å²) in [6.07, 6.45) is 0. The van der Waals surface area contributed by atoms with Gasteiger partial charge in [-0.2, -0.15) is 0 Å². The fraction of sp³-hybridized carbons (Fsp3) is 0.316. The summed E-state index contributed by atoms with van der Waals surface area (Å²) < 4.78 is 10.8. The molecule has 0 bridgehead atoms. The van der Waals surface area contributed by atoms with E-state index in [1.807, 2.05) is 48.5 Å². The van der Waals surface area contributed by atoms with Gasteiger partial charge >= 0.3 is 0 Å². The number of carbonyl (C=O) groups is 1. The molecule has 0 aromatic heterocycles. The monoisotopic (exact) mass is 313 g/mol. The number of hydrogen-bond donors (Lipinski definition) is 1. The predicted octanol–water partition coefficient (Wildman–Crippen LogP) is 3.51. The first-order valence-corrected chi connectivity index (χ1v) is 7.71. The topological polar surface area (TPSA) is 47.6 Å². The molecule has 0 aliphatic rings. The van der Waals surface area contributed by atoms with Crippen LogP contribution in [-0.4, -0.2) is 19.6 Å². The van der Waals surface area contributed by atoms with Gasteiger partial charge in [0.25, 0.3) is 5.91 Å². The van der Waals surface area contributed by atoms with Crippen LogP contribution in [0.3, 0.4) is 0 Å². The molecular formula is C19H23NO3. The van der Waals surface area contributed by atoms with Crippen LogP contribution in [0.25, 0.3) is 0 Å². The van der Waals surface area contributed by atoms with Gasteiger partial charge in [0.1, 0.15) is 11.5 Å². The second-order valence-electron chi connectivity index (χ2n) is 5.61. The molecule has 0 aliphatic heterocycles. The maximum Gasteiger partial charge on any atom is 0.258 e. The fourth-order valence-electron chi connectivity index (χ4n) is 2.23. The number of ether oxygens (including phenoxy) is 2. The average molecular weight is 313 g/mol. The van der Waals surface area contributed by atoms with E-state index in [4.69, 9.17) is 9.47 Å². The molecule has 0 heterocycles. The van der Waals surface area contributed by atoms with Gasteiger partial charge in [0.05, 0.1) is 7.11 Å². The van der Waals surface area contributed by atoms with Crippen molar-refractivity contribution in [3.63, 3.8) is 0 Å². The van der Waals surface area contributed by atoms with Crippen molar-refractivity contribution in [2.24, 2.45) is 0 Å². The molecule has 2 aromatic rings. The van der Waals surface area contributed by atoms with E-state index in [0.717, 1.165) is 22.6 Å². The van der Waals surface area contributed by atoms with E-state index < -0.39 is 0 Å². The van der Waals surface area contributed by atoms with Gasteiger partial charge in [-0.05, 0) is 35.2 Å². The van der Waals surface area contributed by atoms with Gasteiger partial charge in [-0.25, -0.2) is 0 Å². The molecule has 1 amide bonds. The molecule has 0 unspecified atom stereocenters. The molecule has 0 saturated carbocycles. The van der Waals surface area contributed by atoms with Crippen molar-refractivity contribution in [3.05, 3.63) is 59.7 Å². The number of benzene rings is 2. The lowest BCUT2D eigenvalue weighted by molar-refractivity contribution is -0.123. The Bertz CT molecular complexity index is 635. The van der Waals surface area contributed by atoms with E-state index in [1.165, 1.54) is 0 Å². The zero-order valence-corrected chi connectivity index (χ0v) is 13.8. The minimum absolute atomic E-state index is 0.0138. The Morgan fingerprint density at radius 3 is 2.43 bits per heavy atom. The van der Waals surface area contributed by atoms with Gasteiger partial charge in [0.15, 0.2) is 6.61 Å². The highest BCUT2D eigenvalue weighted by atomic mass is 16.5. The first kappa shape index (κ1) is 16.9. The maximum atomic E-state index is 11.9. The highest BCUT2D eigenvalue weighted by Crippen LogP contribution is 2.25. The van der Waals surface area contributed by atoms with Crippen LogP contribution >= 0.6 is 0 Å². The standard InChI is InChI=1S/C19H23NO3/c1-14(2)17-6-4-5-7-18(17)23-13-19(21)20-12-15-8-10-16(22-3)11-9-15/h4-11,14H,12-13H2,1-3H3,(H,20,21). The van der Waals surface area contributed by atoms with Crippen LogP contribution in [0.2, 0.25) is 0 Å². The summed E-state index contributed by atoms with van der Waals surface area (Å²) in [4.78, 5) is 11.9. The Hall–Kier alpha value is -2.49. The molecule has 0 aliphatic carbocycles. The Kier molecular flexibility index (Phi) is 6.03. The van der Waals surface area contributed by atoms with E-state index in [0.29, 0.717) is 12.5 Å². The van der Waals surface area contributed by atoms with Gasteiger partial charge in [-0.1, -0.05) is 44.2 Å². The van der Waals surface area contributed by atoms with Crippen molar-refractivity contribution >= 4 is 5.91 Å². The van der Waals surface area contributed by atoms with E-state index in [2.05, 4.69) is 19.2 Å². The van der Waals surface area contributed by atoms with Crippen LogP contribution in [0.5, 0.6) is 11.5 Å². The molecule has 122 valence electrons. The Morgan fingerprint density at radius 1 is 1.09 bits per heavy atom. The number of methoxy groups -OCH3 is 1. The van der Waals surface area contributed by atoms with E-state index in [9.17, 15) is 4.79 Å². The quantitative estimate of drug-likeness (QED) is 0.851. The Morgan fingerprint density at radius 2 is 1.78 bits per heavy atom. The molecule has 23 heavy (non-hydrogen) atoms. The van der Waals surface area contributed by atoms with Crippen LogP contribution < -0.4 is 14.8 Å². The molecule has 0 fully saturated rings. The van der Waals surface area contributed by atoms with Gasteiger partial charge in [0, 0.05) is 6.54 Å². The molecule has 1 N–H and O–H groups in total. The van der Waals surface area contributed by atoms with Crippen LogP contribution in [0, 0.1) is 0 Å². The smallest absolute Gasteiger partial charge is 0.258 e. The van der Waals surface area contributed by atoms with Gasteiger partial charge in [-0.3, -0.25) is 4.79 Å². The molecule has 4 heteroatoms.